The maximum absolute atomic E-state index is 13.4. The zero-order chi connectivity index (χ0) is 32.0. The number of para-hydroxylation sites is 2. The second kappa shape index (κ2) is 13.6. The Hall–Kier alpha value is -5.55. The van der Waals surface area contributed by atoms with Crippen molar-refractivity contribution in [2.75, 3.05) is 19.5 Å². The number of hydrogen-bond acceptors (Lipinski definition) is 9. The van der Waals surface area contributed by atoms with Gasteiger partial charge in [0.05, 0.1) is 32.0 Å². The van der Waals surface area contributed by atoms with Gasteiger partial charge < -0.3 is 24.6 Å². The number of carbonyl (C=O) groups excluding carboxylic acids is 1. The summed E-state index contributed by atoms with van der Waals surface area (Å²) in [4.78, 5) is 13.4. The van der Waals surface area contributed by atoms with Crippen LogP contribution in [0.2, 0.25) is 0 Å². The normalized spacial score (nSPS) is 10.9. The Morgan fingerprint density at radius 3 is 2.35 bits per heavy atom. The number of tetrazole rings is 1. The van der Waals surface area contributed by atoms with Crippen molar-refractivity contribution in [1.82, 2.24) is 20.2 Å². The standard InChI is InChI=1S/C35H31N5O5S/c1-22-18-24(21-46-35-37-38-39-40(35)20-23-12-15-25(43-2)16-13-23)14-17-30(22)45-32-19-28(33(41)27-9-5-4-8-26(27)32)34(42)36-29-10-6-7-11-31(29)44-3/h4-19,41H,20-21H2,1-3H3,(H,36,42). The average Bonchev–Trinajstić information content (AvgIpc) is 3.53. The summed E-state index contributed by atoms with van der Waals surface area (Å²) in [5, 5.41) is 28.1. The van der Waals surface area contributed by atoms with Gasteiger partial charge in [0.25, 0.3) is 5.91 Å². The summed E-state index contributed by atoms with van der Waals surface area (Å²) < 4.78 is 18.8. The lowest BCUT2D eigenvalue weighted by Crippen LogP contribution is -2.13. The van der Waals surface area contributed by atoms with Crippen LogP contribution < -0.4 is 19.5 Å². The molecule has 0 aliphatic rings. The minimum absolute atomic E-state index is 0.0811. The molecular weight excluding hydrogens is 602 g/mol. The molecule has 0 saturated heterocycles. The van der Waals surface area contributed by atoms with Crippen molar-refractivity contribution in [3.8, 4) is 28.7 Å². The number of methoxy groups -OCH3 is 2. The van der Waals surface area contributed by atoms with Gasteiger partial charge in [-0.15, -0.1) is 5.10 Å². The fourth-order valence-corrected chi connectivity index (χ4v) is 5.83. The lowest BCUT2D eigenvalue weighted by Gasteiger charge is -2.16. The summed E-state index contributed by atoms with van der Waals surface area (Å²) in [6.07, 6.45) is 0. The molecule has 232 valence electrons. The number of fused-ring (bicyclic) bond motifs is 1. The summed E-state index contributed by atoms with van der Waals surface area (Å²) in [6.45, 7) is 2.51. The lowest BCUT2D eigenvalue weighted by molar-refractivity contribution is 0.102. The SMILES string of the molecule is COc1ccc(Cn2nnnc2SCc2ccc(Oc3cc(C(=O)Nc4ccccc4OC)c(O)c4ccccc34)c(C)c2)cc1. The van der Waals surface area contributed by atoms with E-state index >= 15 is 0 Å². The number of phenolic OH excluding ortho intramolecular Hbond substituents is 1. The summed E-state index contributed by atoms with van der Waals surface area (Å²) in [5.41, 5.74) is 3.62. The minimum Gasteiger partial charge on any atom is -0.506 e. The molecule has 1 amide bonds. The first-order valence-electron chi connectivity index (χ1n) is 14.4. The lowest BCUT2D eigenvalue weighted by atomic mass is 10.0. The van der Waals surface area contributed by atoms with Crippen molar-refractivity contribution in [2.24, 2.45) is 0 Å². The van der Waals surface area contributed by atoms with Gasteiger partial charge in [0.15, 0.2) is 0 Å². The summed E-state index contributed by atoms with van der Waals surface area (Å²) >= 11 is 1.54. The number of ether oxygens (including phenoxy) is 3. The Morgan fingerprint density at radius 1 is 0.848 bits per heavy atom. The number of aromatic nitrogens is 4. The molecular formula is C35H31N5O5S. The largest absolute Gasteiger partial charge is 0.506 e. The van der Waals surface area contributed by atoms with E-state index in [1.165, 1.54) is 7.11 Å². The van der Waals surface area contributed by atoms with Gasteiger partial charge in [0.1, 0.15) is 28.7 Å². The summed E-state index contributed by atoms with van der Waals surface area (Å²) in [6, 6.07) is 29.7. The maximum Gasteiger partial charge on any atom is 0.259 e. The number of nitrogens with one attached hydrogen (secondary N) is 1. The Morgan fingerprint density at radius 2 is 1.59 bits per heavy atom. The molecule has 0 aliphatic carbocycles. The van der Waals surface area contributed by atoms with Crippen molar-refractivity contribution < 1.29 is 24.1 Å². The molecule has 1 aromatic heterocycles. The second-order valence-electron chi connectivity index (χ2n) is 10.4. The van der Waals surface area contributed by atoms with Crippen LogP contribution >= 0.6 is 11.8 Å². The van der Waals surface area contributed by atoms with Crippen molar-refractivity contribution >= 4 is 34.1 Å². The molecule has 10 nitrogen and oxygen atoms in total. The van der Waals surface area contributed by atoms with Crippen LogP contribution in [0.4, 0.5) is 5.69 Å². The second-order valence-corrected chi connectivity index (χ2v) is 11.4. The zero-order valence-corrected chi connectivity index (χ0v) is 26.2. The molecule has 1 heterocycles. The molecule has 46 heavy (non-hydrogen) atoms. The van der Waals surface area contributed by atoms with Gasteiger partial charge in [0.2, 0.25) is 5.16 Å². The first kappa shape index (κ1) is 30.5. The van der Waals surface area contributed by atoms with Gasteiger partial charge >= 0.3 is 0 Å². The number of carbonyl (C=O) groups is 1. The van der Waals surface area contributed by atoms with Crippen LogP contribution in [0.1, 0.15) is 27.0 Å². The molecule has 0 atom stereocenters. The van der Waals surface area contributed by atoms with E-state index in [9.17, 15) is 9.90 Å². The van der Waals surface area contributed by atoms with E-state index in [1.54, 1.807) is 60.0 Å². The smallest absolute Gasteiger partial charge is 0.259 e. The first-order valence-corrected chi connectivity index (χ1v) is 15.4. The van der Waals surface area contributed by atoms with Gasteiger partial charge in [-0.1, -0.05) is 72.4 Å². The van der Waals surface area contributed by atoms with E-state index in [0.717, 1.165) is 22.4 Å². The van der Waals surface area contributed by atoms with Gasteiger partial charge in [-0.2, -0.15) is 0 Å². The van der Waals surface area contributed by atoms with E-state index in [0.29, 0.717) is 51.2 Å². The molecule has 0 bridgehead atoms. The highest BCUT2D eigenvalue weighted by molar-refractivity contribution is 7.98. The third-order valence-corrected chi connectivity index (χ3v) is 8.42. The van der Waals surface area contributed by atoms with Crippen molar-refractivity contribution in [1.29, 1.82) is 0 Å². The molecule has 11 heteroatoms. The van der Waals surface area contributed by atoms with Crippen molar-refractivity contribution in [3.63, 3.8) is 0 Å². The maximum atomic E-state index is 13.4. The molecule has 6 rings (SSSR count). The number of benzene rings is 5. The van der Waals surface area contributed by atoms with Gasteiger partial charge in [-0.3, -0.25) is 4.79 Å². The molecule has 0 saturated carbocycles. The number of phenols is 1. The zero-order valence-electron chi connectivity index (χ0n) is 25.4. The highest BCUT2D eigenvalue weighted by Gasteiger charge is 2.20. The molecule has 6 aromatic rings. The topological polar surface area (TPSA) is 121 Å². The van der Waals surface area contributed by atoms with E-state index < -0.39 is 5.91 Å². The van der Waals surface area contributed by atoms with Crippen LogP contribution in [0.3, 0.4) is 0 Å². The Labute approximate surface area is 269 Å². The highest BCUT2D eigenvalue weighted by Crippen LogP contribution is 2.39. The number of amides is 1. The Kier molecular flexibility index (Phi) is 9.02. The molecule has 0 unspecified atom stereocenters. The third-order valence-electron chi connectivity index (χ3n) is 7.40. The van der Waals surface area contributed by atoms with Gasteiger partial charge in [-0.05, 0) is 70.4 Å². The van der Waals surface area contributed by atoms with Crippen molar-refractivity contribution in [3.05, 3.63) is 119 Å². The van der Waals surface area contributed by atoms with Crippen LogP contribution in [0.25, 0.3) is 10.8 Å². The fourth-order valence-electron chi connectivity index (χ4n) is 5.01. The van der Waals surface area contributed by atoms with Crippen LogP contribution in [-0.4, -0.2) is 45.4 Å². The summed E-state index contributed by atoms with van der Waals surface area (Å²) in [5.74, 6) is 2.41. The van der Waals surface area contributed by atoms with Crippen LogP contribution in [-0.2, 0) is 12.3 Å². The quantitative estimate of drug-likeness (QED) is 0.142. The van der Waals surface area contributed by atoms with E-state index in [4.69, 9.17) is 14.2 Å². The molecule has 0 aliphatic heterocycles. The predicted octanol–water partition coefficient (Wildman–Crippen LogP) is 7.24. The molecule has 0 radical (unpaired) electrons. The van der Waals surface area contributed by atoms with Gasteiger partial charge in [0, 0.05) is 16.5 Å². The molecule has 5 aromatic carbocycles. The number of anilines is 1. The number of nitrogens with zero attached hydrogens (tertiary/aromatic N) is 4. The van der Waals surface area contributed by atoms with Gasteiger partial charge in [-0.25, -0.2) is 4.68 Å². The van der Waals surface area contributed by atoms with E-state index in [-0.39, 0.29) is 11.3 Å². The molecule has 0 fully saturated rings. The van der Waals surface area contributed by atoms with Crippen molar-refractivity contribution in [2.45, 2.75) is 24.4 Å². The Balaban J connectivity index is 1.20. The number of thioether (sulfide) groups is 1. The Bertz CT molecular complexity index is 2010. The highest BCUT2D eigenvalue weighted by atomic mass is 32.2. The summed E-state index contributed by atoms with van der Waals surface area (Å²) in [7, 11) is 3.17. The van der Waals surface area contributed by atoms with E-state index in [2.05, 4.69) is 26.9 Å². The van der Waals surface area contributed by atoms with Crippen LogP contribution in [0, 0.1) is 6.92 Å². The number of aromatic hydroxyl groups is 1. The monoisotopic (exact) mass is 633 g/mol. The fraction of sp³-hybridized carbons (Fsp3) is 0.143. The third kappa shape index (κ3) is 6.59. The molecule has 0 spiro atoms. The molecule has 2 N–H and O–H groups in total. The predicted molar refractivity (Wildman–Crippen MR) is 177 cm³/mol. The minimum atomic E-state index is -0.490. The number of aryl methyl sites for hydroxylation is 1. The number of hydrogen-bond donors (Lipinski definition) is 2. The average molecular weight is 634 g/mol. The number of rotatable bonds is 11. The van der Waals surface area contributed by atoms with Crippen LogP contribution in [0.5, 0.6) is 28.7 Å². The first-order chi connectivity index (χ1) is 22.4. The van der Waals surface area contributed by atoms with Crippen LogP contribution in [0.15, 0.2) is 102 Å². The van der Waals surface area contributed by atoms with E-state index in [1.807, 2.05) is 61.5 Å².